The highest BCUT2D eigenvalue weighted by molar-refractivity contribution is 5.97. The van der Waals surface area contributed by atoms with Gasteiger partial charge in [-0.1, -0.05) is 118 Å². The molecule has 37 heavy (non-hydrogen) atoms. The first-order chi connectivity index (χ1) is 18.1. The Morgan fingerprint density at radius 1 is 0.568 bits per heavy atom. The molecule has 0 saturated heterocycles. The molecule has 1 aliphatic carbocycles. The summed E-state index contributed by atoms with van der Waals surface area (Å²) in [5.74, 6) is -0.646. The average Bonchev–Trinajstić information content (AvgIpc) is 2.95. The highest BCUT2D eigenvalue weighted by Gasteiger charge is 2.22. The molecule has 2 aromatic rings. The van der Waals surface area contributed by atoms with Crippen molar-refractivity contribution < 1.29 is 23.9 Å². The van der Waals surface area contributed by atoms with Crippen molar-refractivity contribution in [2.45, 2.75) is 90.1 Å². The molecule has 0 aromatic heterocycles. The maximum atomic E-state index is 12.8. The lowest BCUT2D eigenvalue weighted by Crippen LogP contribution is -2.21. The first-order valence-electron chi connectivity index (χ1n) is 14.1. The lowest BCUT2D eigenvalue weighted by Gasteiger charge is -2.16. The standard InChI is InChI=1S/C32H42O5/c33-30(27-18-14-7-15-19-27)25-37-32(35)29-21-11-3-1-2-10-20-28(22-12-4-5-13-23-29)31(34)36-24-26-16-8-6-9-17-26/h6-9,14-19,28-29H,1-5,10-13,20-25H2. The predicted molar refractivity (Wildman–Crippen MR) is 145 cm³/mol. The molecule has 1 fully saturated rings. The van der Waals surface area contributed by atoms with Crippen LogP contribution < -0.4 is 0 Å². The molecule has 1 saturated carbocycles. The highest BCUT2D eigenvalue weighted by Crippen LogP contribution is 2.24. The number of carbonyl (C=O) groups is 3. The van der Waals surface area contributed by atoms with Crippen molar-refractivity contribution in [3.63, 3.8) is 0 Å². The molecule has 0 bridgehead atoms. The largest absolute Gasteiger partial charge is 0.461 e. The Balaban J connectivity index is 1.43. The summed E-state index contributed by atoms with van der Waals surface area (Å²) in [6, 6.07) is 18.8. The summed E-state index contributed by atoms with van der Waals surface area (Å²) in [6.07, 6.45) is 12.6. The normalized spacial score (nSPS) is 20.1. The van der Waals surface area contributed by atoms with Crippen molar-refractivity contribution in [2.24, 2.45) is 11.8 Å². The van der Waals surface area contributed by atoms with E-state index >= 15 is 0 Å². The molecule has 0 aliphatic heterocycles. The van der Waals surface area contributed by atoms with Crippen LogP contribution in [0.15, 0.2) is 60.7 Å². The summed E-state index contributed by atoms with van der Waals surface area (Å²) < 4.78 is 11.1. The van der Waals surface area contributed by atoms with Crippen LogP contribution >= 0.6 is 0 Å². The van der Waals surface area contributed by atoms with Gasteiger partial charge in [-0.2, -0.15) is 0 Å². The van der Waals surface area contributed by atoms with Crippen molar-refractivity contribution in [3.05, 3.63) is 71.8 Å². The number of Topliss-reactive ketones (excluding diaryl/α,β-unsaturated/α-hetero) is 1. The van der Waals surface area contributed by atoms with Gasteiger partial charge in [0.05, 0.1) is 11.8 Å². The number of hydrogen-bond donors (Lipinski definition) is 0. The molecule has 200 valence electrons. The quantitative estimate of drug-likeness (QED) is 0.288. The smallest absolute Gasteiger partial charge is 0.309 e. The van der Waals surface area contributed by atoms with Gasteiger partial charge in [-0.25, -0.2) is 0 Å². The SMILES string of the molecule is O=C(COC(=O)C1CCCCCCCC(C(=O)OCc2ccccc2)CCCCCC1)c1ccccc1. The Morgan fingerprint density at radius 3 is 1.51 bits per heavy atom. The number of carbonyl (C=O) groups excluding carboxylic acids is 3. The third-order valence-corrected chi connectivity index (χ3v) is 7.29. The molecule has 0 spiro atoms. The summed E-state index contributed by atoms with van der Waals surface area (Å²) >= 11 is 0. The van der Waals surface area contributed by atoms with Gasteiger partial charge in [0.2, 0.25) is 0 Å². The molecule has 5 heteroatoms. The molecule has 2 unspecified atom stereocenters. The van der Waals surface area contributed by atoms with Crippen LogP contribution in [0.25, 0.3) is 0 Å². The Hall–Kier alpha value is -2.95. The van der Waals surface area contributed by atoms with Gasteiger partial charge in [-0.15, -0.1) is 0 Å². The fraction of sp³-hybridized carbons (Fsp3) is 0.531. The second kappa shape index (κ2) is 16.7. The first kappa shape index (κ1) is 28.6. The average molecular weight is 507 g/mol. The summed E-state index contributed by atoms with van der Waals surface area (Å²) in [6.45, 7) is 0.145. The van der Waals surface area contributed by atoms with Crippen LogP contribution in [-0.4, -0.2) is 24.3 Å². The van der Waals surface area contributed by atoms with E-state index in [4.69, 9.17) is 9.47 Å². The summed E-state index contributed by atoms with van der Waals surface area (Å²) in [4.78, 5) is 37.9. The fourth-order valence-corrected chi connectivity index (χ4v) is 5.02. The van der Waals surface area contributed by atoms with Crippen LogP contribution in [0.5, 0.6) is 0 Å². The molecule has 0 radical (unpaired) electrons. The monoisotopic (exact) mass is 506 g/mol. The Morgan fingerprint density at radius 2 is 1.00 bits per heavy atom. The molecule has 0 N–H and O–H groups in total. The molecule has 2 atom stereocenters. The zero-order valence-electron chi connectivity index (χ0n) is 22.1. The van der Waals surface area contributed by atoms with Crippen molar-refractivity contribution in [2.75, 3.05) is 6.61 Å². The van der Waals surface area contributed by atoms with Crippen LogP contribution in [0.3, 0.4) is 0 Å². The van der Waals surface area contributed by atoms with Gasteiger partial charge in [-0.3, -0.25) is 14.4 Å². The van der Waals surface area contributed by atoms with Gasteiger partial charge in [0, 0.05) is 5.56 Å². The second-order valence-corrected chi connectivity index (χ2v) is 10.2. The van der Waals surface area contributed by atoms with Gasteiger partial charge in [-0.05, 0) is 31.2 Å². The molecular weight excluding hydrogens is 464 g/mol. The van der Waals surface area contributed by atoms with Crippen molar-refractivity contribution in [3.8, 4) is 0 Å². The Bertz CT molecular complexity index is 940. The summed E-state index contributed by atoms with van der Waals surface area (Å²) in [5.41, 5.74) is 1.59. The van der Waals surface area contributed by atoms with E-state index in [1.807, 2.05) is 48.5 Å². The molecular formula is C32H42O5. The number of ether oxygens (including phenoxy) is 2. The van der Waals surface area contributed by atoms with Crippen LogP contribution in [0, 0.1) is 11.8 Å². The van der Waals surface area contributed by atoms with Crippen molar-refractivity contribution in [1.29, 1.82) is 0 Å². The van der Waals surface area contributed by atoms with Gasteiger partial charge in [0.15, 0.2) is 12.4 Å². The zero-order chi connectivity index (χ0) is 26.1. The maximum Gasteiger partial charge on any atom is 0.309 e. The van der Waals surface area contributed by atoms with Crippen LogP contribution in [-0.2, 0) is 25.7 Å². The molecule has 0 amide bonds. The Kier molecular flexibility index (Phi) is 12.9. The maximum absolute atomic E-state index is 12.8. The van der Waals surface area contributed by atoms with E-state index in [1.54, 1.807) is 12.1 Å². The van der Waals surface area contributed by atoms with E-state index in [1.165, 1.54) is 0 Å². The van der Waals surface area contributed by atoms with Gasteiger partial charge < -0.3 is 9.47 Å². The molecule has 3 rings (SSSR count). The molecule has 1 aliphatic rings. The lowest BCUT2D eigenvalue weighted by molar-refractivity contribution is -0.150. The van der Waals surface area contributed by atoms with Crippen LogP contribution in [0.2, 0.25) is 0 Å². The van der Waals surface area contributed by atoms with E-state index in [-0.39, 0.29) is 36.2 Å². The molecule has 2 aromatic carbocycles. The number of benzene rings is 2. The lowest BCUT2D eigenvalue weighted by atomic mass is 9.94. The molecule has 5 nitrogen and oxygen atoms in total. The first-order valence-corrected chi connectivity index (χ1v) is 14.1. The minimum Gasteiger partial charge on any atom is -0.461 e. The predicted octanol–water partition coefficient (Wildman–Crippen LogP) is 7.47. The fourth-order valence-electron chi connectivity index (χ4n) is 5.02. The minimum absolute atomic E-state index is 0.0290. The third kappa shape index (κ3) is 10.9. The zero-order valence-corrected chi connectivity index (χ0v) is 22.1. The van der Waals surface area contributed by atoms with E-state index in [0.29, 0.717) is 12.2 Å². The van der Waals surface area contributed by atoms with Gasteiger partial charge in [0.1, 0.15) is 6.61 Å². The number of esters is 2. The second-order valence-electron chi connectivity index (χ2n) is 10.2. The topological polar surface area (TPSA) is 69.7 Å². The summed E-state index contributed by atoms with van der Waals surface area (Å²) in [5, 5.41) is 0. The highest BCUT2D eigenvalue weighted by atomic mass is 16.5. The number of rotatable bonds is 7. The van der Waals surface area contributed by atoms with E-state index in [9.17, 15) is 14.4 Å². The van der Waals surface area contributed by atoms with Crippen molar-refractivity contribution >= 4 is 17.7 Å². The number of hydrogen-bond acceptors (Lipinski definition) is 5. The van der Waals surface area contributed by atoms with Crippen LogP contribution in [0.1, 0.15) is 99.4 Å². The Labute approximate surface area is 221 Å². The summed E-state index contributed by atoms with van der Waals surface area (Å²) in [7, 11) is 0. The number of ketones is 1. The molecule has 0 heterocycles. The van der Waals surface area contributed by atoms with E-state index in [0.717, 1.165) is 89.0 Å². The third-order valence-electron chi connectivity index (χ3n) is 7.29. The van der Waals surface area contributed by atoms with Gasteiger partial charge in [0.25, 0.3) is 0 Å². The van der Waals surface area contributed by atoms with Gasteiger partial charge >= 0.3 is 11.9 Å². The minimum atomic E-state index is -0.241. The van der Waals surface area contributed by atoms with Crippen LogP contribution in [0.4, 0.5) is 0 Å². The van der Waals surface area contributed by atoms with E-state index in [2.05, 4.69) is 0 Å². The van der Waals surface area contributed by atoms with Crippen molar-refractivity contribution in [1.82, 2.24) is 0 Å². The van der Waals surface area contributed by atoms with E-state index < -0.39 is 0 Å².